The van der Waals surface area contributed by atoms with Gasteiger partial charge < -0.3 is 19.0 Å². The van der Waals surface area contributed by atoms with Gasteiger partial charge in [0.2, 0.25) is 0 Å². The highest BCUT2D eigenvalue weighted by atomic mass is 16.5. The summed E-state index contributed by atoms with van der Waals surface area (Å²) in [6, 6.07) is 7.81. The van der Waals surface area contributed by atoms with Gasteiger partial charge in [0.05, 0.1) is 12.7 Å². The predicted octanol–water partition coefficient (Wildman–Crippen LogP) is 2.39. The van der Waals surface area contributed by atoms with Gasteiger partial charge in [-0.15, -0.1) is 0 Å². The number of amides is 1. The lowest BCUT2D eigenvalue weighted by Crippen LogP contribution is -2.33. The zero-order chi connectivity index (χ0) is 16.8. The molecule has 4 rings (SSSR count). The van der Waals surface area contributed by atoms with Crippen LogP contribution in [0.3, 0.4) is 0 Å². The molecular weight excluding hydrogens is 304 g/mol. The second-order valence-electron chi connectivity index (χ2n) is 7.32. The number of carbonyl (C=O) groups is 1. The molecule has 3 heterocycles. The largest absolute Gasteiger partial charge is 0.451 e. The fourth-order valence-corrected chi connectivity index (χ4v) is 4.14. The van der Waals surface area contributed by atoms with E-state index in [-0.39, 0.29) is 12.0 Å². The van der Waals surface area contributed by atoms with Gasteiger partial charge in [-0.25, -0.2) is 0 Å². The quantitative estimate of drug-likeness (QED) is 0.868. The molecule has 5 heteroatoms. The number of nitrogens with zero attached hydrogens (tertiary/aromatic N) is 2. The van der Waals surface area contributed by atoms with Crippen LogP contribution in [-0.2, 0) is 4.74 Å². The Bertz CT molecular complexity index is 767. The van der Waals surface area contributed by atoms with Crippen LogP contribution in [0.4, 0.5) is 0 Å². The molecule has 2 aromatic rings. The van der Waals surface area contributed by atoms with Crippen molar-refractivity contribution in [1.82, 2.24) is 9.80 Å². The maximum absolute atomic E-state index is 13.0. The number of rotatable bonds is 3. The van der Waals surface area contributed by atoms with E-state index in [2.05, 4.69) is 19.0 Å². The molecule has 0 spiro atoms. The summed E-state index contributed by atoms with van der Waals surface area (Å²) < 4.78 is 11.8. The number of hydrogen-bond acceptors (Lipinski definition) is 4. The summed E-state index contributed by atoms with van der Waals surface area (Å²) in [5, 5.41) is 1.02. The summed E-state index contributed by atoms with van der Waals surface area (Å²) in [4.78, 5) is 17.1. The van der Waals surface area contributed by atoms with Crippen LogP contribution in [0.5, 0.6) is 0 Å². The Balaban J connectivity index is 1.54. The average molecular weight is 328 g/mol. The second kappa shape index (κ2) is 5.90. The summed E-state index contributed by atoms with van der Waals surface area (Å²) in [6.45, 7) is 5.20. The van der Waals surface area contributed by atoms with Crippen molar-refractivity contribution in [3.63, 3.8) is 0 Å². The van der Waals surface area contributed by atoms with Crippen LogP contribution in [0.2, 0.25) is 0 Å². The minimum atomic E-state index is -0.00898. The molecular formula is C19H24N2O3. The third kappa shape index (κ3) is 2.52. The van der Waals surface area contributed by atoms with Crippen molar-refractivity contribution in [3.8, 4) is 0 Å². The van der Waals surface area contributed by atoms with Crippen LogP contribution in [0.1, 0.15) is 16.1 Å². The second-order valence-corrected chi connectivity index (χ2v) is 7.32. The Kier molecular flexibility index (Phi) is 3.85. The lowest BCUT2D eigenvalue weighted by molar-refractivity contribution is 0.0646. The van der Waals surface area contributed by atoms with Gasteiger partial charge >= 0.3 is 0 Å². The highest BCUT2D eigenvalue weighted by molar-refractivity contribution is 5.99. The van der Waals surface area contributed by atoms with Crippen LogP contribution in [0.25, 0.3) is 11.0 Å². The molecule has 0 N–H and O–H groups in total. The molecule has 128 valence electrons. The number of hydrogen-bond donors (Lipinski definition) is 0. The van der Waals surface area contributed by atoms with Crippen LogP contribution in [0.15, 0.2) is 28.7 Å². The monoisotopic (exact) mass is 328 g/mol. The number of carbonyl (C=O) groups excluding carboxylic acids is 1. The molecule has 1 amide bonds. The molecule has 0 bridgehead atoms. The minimum Gasteiger partial charge on any atom is -0.451 e. The normalized spacial score (nSPS) is 26.5. The van der Waals surface area contributed by atoms with E-state index in [9.17, 15) is 4.79 Å². The Morgan fingerprint density at radius 2 is 2.08 bits per heavy atom. The molecule has 1 aromatic carbocycles. The first kappa shape index (κ1) is 15.7. The lowest BCUT2D eigenvalue weighted by atomic mass is 9.93. The molecule has 5 nitrogen and oxygen atoms in total. The van der Waals surface area contributed by atoms with Gasteiger partial charge in [-0.3, -0.25) is 4.79 Å². The number of ether oxygens (including phenoxy) is 1. The van der Waals surface area contributed by atoms with Crippen molar-refractivity contribution >= 4 is 16.9 Å². The number of furan rings is 1. The molecule has 2 saturated heterocycles. The van der Waals surface area contributed by atoms with Crippen LogP contribution in [-0.4, -0.2) is 62.1 Å². The van der Waals surface area contributed by atoms with Crippen molar-refractivity contribution in [2.24, 2.45) is 11.8 Å². The molecule has 24 heavy (non-hydrogen) atoms. The lowest BCUT2D eigenvalue weighted by Gasteiger charge is -2.21. The zero-order valence-corrected chi connectivity index (χ0v) is 14.5. The van der Waals surface area contributed by atoms with Crippen molar-refractivity contribution < 1.29 is 13.9 Å². The summed E-state index contributed by atoms with van der Waals surface area (Å²) in [6.07, 6.45) is 0.170. The maximum atomic E-state index is 13.0. The first-order chi connectivity index (χ1) is 11.5. The van der Waals surface area contributed by atoms with E-state index >= 15 is 0 Å². The zero-order valence-electron chi connectivity index (χ0n) is 14.5. The molecule has 2 aliphatic rings. The summed E-state index contributed by atoms with van der Waals surface area (Å²) in [5.41, 5.74) is 1.71. The van der Waals surface area contributed by atoms with Crippen LogP contribution < -0.4 is 0 Å². The van der Waals surface area contributed by atoms with E-state index in [4.69, 9.17) is 9.15 Å². The fraction of sp³-hybridized carbons (Fsp3) is 0.526. The summed E-state index contributed by atoms with van der Waals surface area (Å²) in [5.74, 6) is 1.39. The summed E-state index contributed by atoms with van der Waals surface area (Å²) >= 11 is 0. The van der Waals surface area contributed by atoms with Crippen molar-refractivity contribution in [2.45, 2.75) is 13.0 Å². The van der Waals surface area contributed by atoms with Gasteiger partial charge in [0.15, 0.2) is 5.76 Å². The third-order valence-corrected chi connectivity index (χ3v) is 5.36. The predicted molar refractivity (Wildman–Crippen MR) is 92.1 cm³/mol. The third-order valence-electron chi connectivity index (χ3n) is 5.36. The Hall–Kier alpha value is -1.85. The Morgan fingerprint density at radius 3 is 2.83 bits per heavy atom. The highest BCUT2D eigenvalue weighted by Crippen LogP contribution is 2.35. The molecule has 0 saturated carbocycles. The fourth-order valence-electron chi connectivity index (χ4n) is 4.14. The van der Waals surface area contributed by atoms with E-state index in [0.717, 1.165) is 36.2 Å². The summed E-state index contributed by atoms with van der Waals surface area (Å²) in [7, 11) is 4.17. The van der Waals surface area contributed by atoms with Gasteiger partial charge in [0.1, 0.15) is 5.58 Å². The SMILES string of the molecule is Cc1c(C(=O)N2C[C@@H]3[C@H](CN(C)C)CO[C@@H]3C2)oc2ccccc12. The maximum Gasteiger partial charge on any atom is 0.289 e. The van der Waals surface area contributed by atoms with Gasteiger partial charge in [0.25, 0.3) is 5.91 Å². The minimum absolute atomic E-state index is 0.00898. The molecule has 0 unspecified atom stereocenters. The van der Waals surface area contributed by atoms with Gasteiger partial charge in [-0.05, 0) is 27.1 Å². The van der Waals surface area contributed by atoms with E-state index in [0.29, 0.717) is 24.1 Å². The number of likely N-dealkylation sites (tertiary alicyclic amines) is 1. The molecule has 2 fully saturated rings. The first-order valence-corrected chi connectivity index (χ1v) is 8.58. The van der Waals surface area contributed by atoms with E-state index < -0.39 is 0 Å². The molecule has 1 aromatic heterocycles. The highest BCUT2D eigenvalue weighted by Gasteiger charge is 2.45. The van der Waals surface area contributed by atoms with E-state index in [1.165, 1.54) is 0 Å². The molecule has 3 atom stereocenters. The number of aryl methyl sites for hydroxylation is 1. The van der Waals surface area contributed by atoms with E-state index in [1.807, 2.05) is 36.1 Å². The van der Waals surface area contributed by atoms with Crippen LogP contribution in [0, 0.1) is 18.8 Å². The number of fused-ring (bicyclic) bond motifs is 2. The topological polar surface area (TPSA) is 45.9 Å². The number of benzene rings is 1. The van der Waals surface area contributed by atoms with Gasteiger partial charge in [0, 0.05) is 42.4 Å². The average Bonchev–Trinajstić information content (AvgIpc) is 3.22. The molecule has 0 aliphatic carbocycles. The molecule has 2 aliphatic heterocycles. The van der Waals surface area contributed by atoms with Crippen molar-refractivity contribution in [3.05, 3.63) is 35.6 Å². The standard InChI is InChI=1S/C19H24N2O3/c1-12-14-6-4-5-7-16(14)24-18(12)19(22)21-9-15-13(8-20(2)3)11-23-17(15)10-21/h4-7,13,15,17H,8-11H2,1-3H3/t13-,15-,17-/m1/s1. The van der Waals surface area contributed by atoms with E-state index in [1.54, 1.807) is 0 Å². The molecule has 0 radical (unpaired) electrons. The Labute approximate surface area is 142 Å². The van der Waals surface area contributed by atoms with Crippen molar-refractivity contribution in [1.29, 1.82) is 0 Å². The van der Waals surface area contributed by atoms with Crippen LogP contribution >= 0.6 is 0 Å². The van der Waals surface area contributed by atoms with Crippen molar-refractivity contribution in [2.75, 3.05) is 40.3 Å². The van der Waals surface area contributed by atoms with Gasteiger partial charge in [-0.1, -0.05) is 18.2 Å². The number of para-hydroxylation sites is 1. The Morgan fingerprint density at radius 1 is 1.29 bits per heavy atom. The smallest absolute Gasteiger partial charge is 0.289 e. The first-order valence-electron chi connectivity index (χ1n) is 8.58. The van der Waals surface area contributed by atoms with Gasteiger partial charge in [-0.2, -0.15) is 0 Å².